The van der Waals surface area contributed by atoms with Crippen molar-refractivity contribution in [3.05, 3.63) is 0 Å². The van der Waals surface area contributed by atoms with Crippen LogP contribution in [0.15, 0.2) is 0 Å². The van der Waals surface area contributed by atoms with Gasteiger partial charge in [-0.2, -0.15) is 0 Å². The third-order valence-corrected chi connectivity index (χ3v) is 4.75. The summed E-state index contributed by atoms with van der Waals surface area (Å²) in [4.78, 5) is 20.8. The molecule has 0 aromatic heterocycles. The summed E-state index contributed by atoms with van der Waals surface area (Å²) in [5.74, 6) is -0.791. The van der Waals surface area contributed by atoms with Crippen LogP contribution < -0.4 is 59.1 Å². The number of carbonyl (C=O) groups excluding carboxylic acids is 1. The zero-order valence-electron chi connectivity index (χ0n) is 19.4. The Hall–Kier alpha value is 1.54. The Morgan fingerprint density at radius 2 is 1.41 bits per heavy atom. The number of rotatable bonds is 17. The fourth-order valence-electron chi connectivity index (χ4n) is 2.37. The molecule has 154 valence electrons. The Morgan fingerprint density at radius 3 is 1.85 bits per heavy atom. The number of unbranched alkanes of at least 4 members (excludes halogenated alkanes) is 10. The second-order valence-corrected chi connectivity index (χ2v) is 7.73. The standard InChI is InChI=1S/C17H35O7P.2Na.2H/c1-2-3-4-5-6-7-8-9-10-11-12-13-17(20)24-25(21,22)23-15-16(19)14-18;;;;/h16,18-19H,2-15H2,1H3,(H,21,22);;;;/q;2*+1;2*-1. The van der Waals surface area contributed by atoms with E-state index in [9.17, 15) is 14.3 Å². The van der Waals surface area contributed by atoms with E-state index in [4.69, 9.17) is 10.2 Å². The van der Waals surface area contributed by atoms with Crippen molar-refractivity contribution in [1.82, 2.24) is 0 Å². The minimum Gasteiger partial charge on any atom is -1.00 e. The molecule has 0 heterocycles. The molecule has 0 amide bonds. The summed E-state index contributed by atoms with van der Waals surface area (Å²) < 4.78 is 20.2. The van der Waals surface area contributed by atoms with E-state index in [1.165, 1.54) is 44.9 Å². The summed E-state index contributed by atoms with van der Waals surface area (Å²) in [6, 6.07) is 0. The molecular weight excluding hydrogens is 393 g/mol. The van der Waals surface area contributed by atoms with Gasteiger partial charge in [0.2, 0.25) is 0 Å². The summed E-state index contributed by atoms with van der Waals surface area (Å²) in [6.45, 7) is 1.03. The van der Waals surface area contributed by atoms with Crippen LogP contribution in [-0.2, 0) is 18.4 Å². The number of aliphatic hydroxyl groups excluding tert-OH is 2. The molecule has 0 aliphatic rings. The van der Waals surface area contributed by atoms with Crippen molar-refractivity contribution in [3.8, 4) is 0 Å². The molecule has 0 radical (unpaired) electrons. The van der Waals surface area contributed by atoms with Crippen molar-refractivity contribution in [2.24, 2.45) is 0 Å². The summed E-state index contributed by atoms with van der Waals surface area (Å²) in [5.41, 5.74) is 0. The summed E-state index contributed by atoms with van der Waals surface area (Å²) in [6.07, 6.45) is 11.5. The van der Waals surface area contributed by atoms with Crippen LogP contribution in [0.1, 0.15) is 86.8 Å². The molecule has 0 spiro atoms. The van der Waals surface area contributed by atoms with Crippen molar-refractivity contribution in [2.45, 2.75) is 90.1 Å². The van der Waals surface area contributed by atoms with Gasteiger partial charge in [-0.1, -0.05) is 71.1 Å². The molecule has 3 N–H and O–H groups in total. The second kappa shape index (κ2) is 22.2. The second-order valence-electron chi connectivity index (χ2n) is 6.35. The first-order chi connectivity index (χ1) is 11.9. The van der Waals surface area contributed by atoms with E-state index in [-0.39, 0.29) is 68.4 Å². The molecule has 0 fully saturated rings. The topological polar surface area (TPSA) is 113 Å². The predicted octanol–water partition coefficient (Wildman–Crippen LogP) is -2.07. The maximum absolute atomic E-state index is 11.5. The average molecular weight is 430 g/mol. The maximum atomic E-state index is 11.5. The molecule has 2 atom stereocenters. The van der Waals surface area contributed by atoms with Crippen LogP contribution in [0.25, 0.3) is 0 Å². The van der Waals surface area contributed by atoms with Gasteiger partial charge in [0, 0.05) is 6.42 Å². The molecule has 0 saturated heterocycles. The minimum atomic E-state index is -4.52. The molecule has 0 aromatic rings. The van der Waals surface area contributed by atoms with Gasteiger partial charge in [0.05, 0.1) is 13.2 Å². The molecule has 0 saturated carbocycles. The summed E-state index contributed by atoms with van der Waals surface area (Å²) in [5, 5.41) is 17.6. The number of hydrogen-bond acceptors (Lipinski definition) is 6. The van der Waals surface area contributed by atoms with Gasteiger partial charge in [0.15, 0.2) is 0 Å². The van der Waals surface area contributed by atoms with Crippen LogP contribution in [-0.4, -0.2) is 40.4 Å². The first kappa shape index (κ1) is 33.2. The Balaban J connectivity index is -0.000000480. The van der Waals surface area contributed by atoms with Crippen LogP contribution in [0.5, 0.6) is 0 Å². The van der Waals surface area contributed by atoms with Crippen molar-refractivity contribution in [2.75, 3.05) is 13.2 Å². The monoisotopic (exact) mass is 430 g/mol. The molecule has 0 aromatic carbocycles. The van der Waals surface area contributed by atoms with Gasteiger partial charge in [0.25, 0.3) is 0 Å². The Bertz CT molecular complexity index is 397. The number of hydrogen-bond donors (Lipinski definition) is 3. The normalized spacial score (nSPS) is 13.8. The summed E-state index contributed by atoms with van der Waals surface area (Å²) >= 11 is 0. The van der Waals surface area contributed by atoms with Gasteiger partial charge in [0.1, 0.15) is 6.10 Å². The van der Waals surface area contributed by atoms with Crippen LogP contribution >= 0.6 is 7.82 Å². The van der Waals surface area contributed by atoms with E-state index in [1.54, 1.807) is 0 Å². The first-order valence-corrected chi connectivity index (χ1v) is 10.9. The van der Waals surface area contributed by atoms with E-state index in [0.717, 1.165) is 19.3 Å². The van der Waals surface area contributed by atoms with Crippen LogP contribution in [0, 0.1) is 0 Å². The first-order valence-electron chi connectivity index (χ1n) is 9.40. The van der Waals surface area contributed by atoms with Crippen molar-refractivity contribution >= 4 is 13.8 Å². The van der Waals surface area contributed by atoms with Crippen molar-refractivity contribution < 1.29 is 95.5 Å². The van der Waals surface area contributed by atoms with Gasteiger partial charge >= 0.3 is 72.9 Å². The molecular formula is C17H37Na2O7P. The Kier molecular flexibility index (Phi) is 27.3. The molecule has 27 heavy (non-hydrogen) atoms. The van der Waals surface area contributed by atoms with Crippen molar-refractivity contribution in [3.63, 3.8) is 0 Å². The van der Waals surface area contributed by atoms with Crippen LogP contribution in [0.4, 0.5) is 0 Å². The predicted molar refractivity (Wildman–Crippen MR) is 98.3 cm³/mol. The fraction of sp³-hybridized carbons (Fsp3) is 0.941. The molecule has 10 heteroatoms. The van der Waals surface area contributed by atoms with Crippen LogP contribution in [0.2, 0.25) is 0 Å². The molecule has 0 bridgehead atoms. The largest absolute Gasteiger partial charge is 1.00 e. The third-order valence-electron chi connectivity index (χ3n) is 3.84. The molecule has 2 unspecified atom stereocenters. The van der Waals surface area contributed by atoms with Crippen molar-refractivity contribution in [1.29, 1.82) is 0 Å². The van der Waals surface area contributed by atoms with E-state index in [0.29, 0.717) is 6.42 Å². The van der Waals surface area contributed by atoms with E-state index < -0.39 is 33.1 Å². The number of aliphatic hydroxyl groups is 2. The number of phosphoric ester groups is 1. The number of phosphoric acid groups is 1. The SMILES string of the molecule is CCCCCCCCCCCCCC(=O)OP(=O)(O)OCC(O)CO.[H-].[H-].[Na+].[Na+]. The van der Waals surface area contributed by atoms with Gasteiger partial charge < -0.3 is 17.6 Å². The van der Waals surface area contributed by atoms with Gasteiger partial charge in [-0.3, -0.25) is 14.2 Å². The van der Waals surface area contributed by atoms with E-state index in [2.05, 4.69) is 16.0 Å². The Labute approximate surface area is 211 Å². The minimum absolute atomic E-state index is 0. The maximum Gasteiger partial charge on any atom is 1.00 e. The average Bonchev–Trinajstić information content (AvgIpc) is 2.57. The molecule has 7 nitrogen and oxygen atoms in total. The van der Waals surface area contributed by atoms with Gasteiger partial charge in [-0.15, -0.1) is 0 Å². The quantitative estimate of drug-likeness (QED) is 0.138. The number of carbonyl (C=O) groups is 1. The molecule has 0 aliphatic carbocycles. The smallest absolute Gasteiger partial charge is 1.00 e. The van der Waals surface area contributed by atoms with Gasteiger partial charge in [-0.05, 0) is 6.42 Å². The third kappa shape index (κ3) is 23.7. The van der Waals surface area contributed by atoms with Gasteiger partial charge in [-0.25, -0.2) is 4.57 Å². The molecule has 0 aliphatic heterocycles. The summed E-state index contributed by atoms with van der Waals surface area (Å²) in [7, 11) is -4.52. The van der Waals surface area contributed by atoms with Crippen LogP contribution in [0.3, 0.4) is 0 Å². The zero-order chi connectivity index (χ0) is 19.0. The fourth-order valence-corrected chi connectivity index (χ4v) is 3.13. The van der Waals surface area contributed by atoms with E-state index >= 15 is 0 Å². The van der Waals surface area contributed by atoms with E-state index in [1.807, 2.05) is 0 Å². The molecule has 0 rings (SSSR count). The zero-order valence-corrected chi connectivity index (χ0v) is 22.3. The Morgan fingerprint density at radius 1 is 0.963 bits per heavy atom.